The standard InChI is InChI=1S/C21H28N4O/c1-17(2)25(15-18-7-4-3-5-8-18)21(26)16-24-12-11-23-14-20(24)19-9-6-10-22-13-19/h3-10,13,17,20,23H,11-12,14-16H2,1-2H3. The molecule has 1 aliphatic heterocycles. The number of benzene rings is 1. The molecule has 1 unspecified atom stereocenters. The second-order valence-electron chi connectivity index (χ2n) is 7.08. The van der Waals surface area contributed by atoms with Crippen LogP contribution in [0.4, 0.5) is 0 Å². The number of rotatable bonds is 6. The Morgan fingerprint density at radius 3 is 2.77 bits per heavy atom. The maximum absolute atomic E-state index is 13.1. The molecule has 1 saturated heterocycles. The molecule has 1 atom stereocenters. The molecule has 0 radical (unpaired) electrons. The lowest BCUT2D eigenvalue weighted by Crippen LogP contribution is -2.51. The zero-order chi connectivity index (χ0) is 18.4. The molecule has 5 heteroatoms. The van der Waals surface area contributed by atoms with E-state index < -0.39 is 0 Å². The van der Waals surface area contributed by atoms with E-state index in [0.29, 0.717) is 13.1 Å². The molecule has 1 N–H and O–H groups in total. The van der Waals surface area contributed by atoms with Gasteiger partial charge in [-0.3, -0.25) is 14.7 Å². The summed E-state index contributed by atoms with van der Waals surface area (Å²) in [7, 11) is 0. The van der Waals surface area contributed by atoms with Gasteiger partial charge in [-0.05, 0) is 31.0 Å². The van der Waals surface area contributed by atoms with Crippen LogP contribution in [0.3, 0.4) is 0 Å². The van der Waals surface area contributed by atoms with Crippen LogP contribution in [0, 0.1) is 0 Å². The SMILES string of the molecule is CC(C)N(Cc1ccccc1)C(=O)CN1CCNCC1c1cccnc1. The van der Waals surface area contributed by atoms with Crippen molar-refractivity contribution in [2.75, 3.05) is 26.2 Å². The first-order valence-corrected chi connectivity index (χ1v) is 9.33. The topological polar surface area (TPSA) is 48.5 Å². The van der Waals surface area contributed by atoms with E-state index in [1.54, 1.807) is 6.20 Å². The van der Waals surface area contributed by atoms with E-state index in [1.807, 2.05) is 35.4 Å². The lowest BCUT2D eigenvalue weighted by atomic mass is 10.1. The molecule has 138 valence electrons. The van der Waals surface area contributed by atoms with Gasteiger partial charge in [0.2, 0.25) is 5.91 Å². The van der Waals surface area contributed by atoms with E-state index in [-0.39, 0.29) is 18.0 Å². The fraction of sp³-hybridized carbons (Fsp3) is 0.429. The van der Waals surface area contributed by atoms with Crippen molar-refractivity contribution in [3.8, 4) is 0 Å². The summed E-state index contributed by atoms with van der Waals surface area (Å²) in [6.45, 7) is 7.87. The van der Waals surface area contributed by atoms with Crippen molar-refractivity contribution in [3.63, 3.8) is 0 Å². The van der Waals surface area contributed by atoms with E-state index >= 15 is 0 Å². The summed E-state index contributed by atoms with van der Waals surface area (Å²) in [5.41, 5.74) is 2.32. The predicted molar refractivity (Wildman–Crippen MR) is 104 cm³/mol. The third-order valence-electron chi connectivity index (χ3n) is 4.90. The van der Waals surface area contributed by atoms with Crippen LogP contribution >= 0.6 is 0 Å². The molecule has 1 aromatic carbocycles. The van der Waals surface area contributed by atoms with E-state index in [1.165, 1.54) is 5.56 Å². The van der Waals surface area contributed by atoms with Gasteiger partial charge < -0.3 is 10.2 Å². The first-order chi connectivity index (χ1) is 12.6. The Labute approximate surface area is 156 Å². The van der Waals surface area contributed by atoms with E-state index in [2.05, 4.69) is 47.2 Å². The first kappa shape index (κ1) is 18.5. The molecule has 1 fully saturated rings. The molecule has 3 rings (SSSR count). The Morgan fingerprint density at radius 1 is 1.27 bits per heavy atom. The molecule has 1 aliphatic rings. The van der Waals surface area contributed by atoms with Crippen molar-refractivity contribution < 1.29 is 4.79 Å². The lowest BCUT2D eigenvalue weighted by Gasteiger charge is -2.37. The van der Waals surface area contributed by atoms with E-state index in [9.17, 15) is 4.79 Å². The lowest BCUT2D eigenvalue weighted by molar-refractivity contribution is -0.135. The largest absolute Gasteiger partial charge is 0.335 e. The molecule has 0 saturated carbocycles. The van der Waals surface area contributed by atoms with Gasteiger partial charge in [-0.25, -0.2) is 0 Å². The van der Waals surface area contributed by atoms with Crippen molar-refractivity contribution in [2.45, 2.75) is 32.5 Å². The number of pyridine rings is 1. The first-order valence-electron chi connectivity index (χ1n) is 9.33. The Balaban J connectivity index is 1.71. The highest BCUT2D eigenvalue weighted by Crippen LogP contribution is 2.21. The minimum Gasteiger partial charge on any atom is -0.335 e. The van der Waals surface area contributed by atoms with E-state index in [0.717, 1.165) is 25.2 Å². The molecule has 26 heavy (non-hydrogen) atoms. The molecule has 1 amide bonds. The normalized spacial score (nSPS) is 18.0. The van der Waals surface area contributed by atoms with Crippen LogP contribution in [0.5, 0.6) is 0 Å². The summed E-state index contributed by atoms with van der Waals surface area (Å²) >= 11 is 0. The summed E-state index contributed by atoms with van der Waals surface area (Å²) in [6, 6.07) is 14.6. The van der Waals surface area contributed by atoms with Gasteiger partial charge in [-0.15, -0.1) is 0 Å². The Bertz CT molecular complexity index is 690. The summed E-state index contributed by atoms with van der Waals surface area (Å²) in [5, 5.41) is 3.43. The molecular weight excluding hydrogens is 324 g/mol. The van der Waals surface area contributed by atoms with Crippen LogP contribution < -0.4 is 5.32 Å². The van der Waals surface area contributed by atoms with Gasteiger partial charge in [0, 0.05) is 50.7 Å². The van der Waals surface area contributed by atoms with Gasteiger partial charge in [0.1, 0.15) is 0 Å². The predicted octanol–water partition coefficient (Wildman–Crippen LogP) is 2.47. The number of hydrogen-bond donors (Lipinski definition) is 1. The van der Waals surface area contributed by atoms with Gasteiger partial charge in [-0.2, -0.15) is 0 Å². The van der Waals surface area contributed by atoms with Crippen molar-refractivity contribution in [1.82, 2.24) is 20.1 Å². The summed E-state index contributed by atoms with van der Waals surface area (Å²) in [4.78, 5) is 21.6. The number of nitrogens with one attached hydrogen (secondary N) is 1. The fourth-order valence-corrected chi connectivity index (χ4v) is 3.44. The number of carbonyl (C=O) groups is 1. The van der Waals surface area contributed by atoms with Gasteiger partial charge in [0.25, 0.3) is 0 Å². The van der Waals surface area contributed by atoms with Crippen LogP contribution in [0.15, 0.2) is 54.9 Å². The number of piperazine rings is 1. The smallest absolute Gasteiger partial charge is 0.237 e. The molecule has 0 spiro atoms. The molecule has 0 aliphatic carbocycles. The molecule has 5 nitrogen and oxygen atoms in total. The van der Waals surface area contributed by atoms with Gasteiger partial charge in [0.05, 0.1) is 6.54 Å². The Hall–Kier alpha value is -2.24. The van der Waals surface area contributed by atoms with Gasteiger partial charge >= 0.3 is 0 Å². The van der Waals surface area contributed by atoms with Crippen LogP contribution in [-0.4, -0.2) is 52.9 Å². The van der Waals surface area contributed by atoms with Crippen molar-refractivity contribution in [1.29, 1.82) is 0 Å². The molecule has 2 heterocycles. The molecule has 1 aromatic heterocycles. The second-order valence-corrected chi connectivity index (χ2v) is 7.08. The number of hydrogen-bond acceptors (Lipinski definition) is 4. The zero-order valence-corrected chi connectivity index (χ0v) is 15.6. The van der Waals surface area contributed by atoms with Crippen LogP contribution in [-0.2, 0) is 11.3 Å². The monoisotopic (exact) mass is 352 g/mol. The number of carbonyl (C=O) groups excluding carboxylic acids is 1. The van der Waals surface area contributed by atoms with Crippen LogP contribution in [0.2, 0.25) is 0 Å². The highest BCUT2D eigenvalue weighted by molar-refractivity contribution is 5.78. The second kappa shape index (κ2) is 8.92. The summed E-state index contributed by atoms with van der Waals surface area (Å²) < 4.78 is 0. The number of amides is 1. The third-order valence-corrected chi connectivity index (χ3v) is 4.90. The van der Waals surface area contributed by atoms with Crippen molar-refractivity contribution in [2.24, 2.45) is 0 Å². The van der Waals surface area contributed by atoms with Crippen LogP contribution in [0.1, 0.15) is 31.0 Å². The highest BCUT2D eigenvalue weighted by atomic mass is 16.2. The maximum atomic E-state index is 13.1. The maximum Gasteiger partial charge on any atom is 0.237 e. The van der Waals surface area contributed by atoms with E-state index in [4.69, 9.17) is 0 Å². The molecule has 2 aromatic rings. The van der Waals surface area contributed by atoms with Crippen LogP contribution in [0.25, 0.3) is 0 Å². The minimum absolute atomic E-state index is 0.169. The minimum atomic E-state index is 0.169. The average Bonchev–Trinajstić information content (AvgIpc) is 2.68. The van der Waals surface area contributed by atoms with Gasteiger partial charge in [0.15, 0.2) is 0 Å². The summed E-state index contributed by atoms with van der Waals surface area (Å²) in [5.74, 6) is 0.180. The van der Waals surface area contributed by atoms with Gasteiger partial charge in [-0.1, -0.05) is 36.4 Å². The summed E-state index contributed by atoms with van der Waals surface area (Å²) in [6.07, 6.45) is 3.69. The van der Waals surface area contributed by atoms with Crippen molar-refractivity contribution in [3.05, 3.63) is 66.0 Å². The molecule has 0 bridgehead atoms. The fourth-order valence-electron chi connectivity index (χ4n) is 3.44. The number of nitrogens with zero attached hydrogens (tertiary/aromatic N) is 3. The Kier molecular flexibility index (Phi) is 6.36. The number of aromatic nitrogens is 1. The zero-order valence-electron chi connectivity index (χ0n) is 15.6. The third kappa shape index (κ3) is 4.68. The average molecular weight is 352 g/mol. The quantitative estimate of drug-likeness (QED) is 0.868. The van der Waals surface area contributed by atoms with Crippen molar-refractivity contribution >= 4 is 5.91 Å². The molecular formula is C21H28N4O. The Morgan fingerprint density at radius 2 is 2.08 bits per heavy atom. The highest BCUT2D eigenvalue weighted by Gasteiger charge is 2.28.